The number of aliphatic imine (C=N–C) groups is 1. The maximum Gasteiger partial charge on any atom is 0.255 e. The number of rotatable bonds is 9. The Labute approximate surface area is 228 Å². The molecule has 5 rings (SSSR count). The number of allylic oxidation sites excluding steroid dienone is 2. The Hall–Kier alpha value is -3.49. The number of amides is 1. The molecular weight excluding hydrogens is 492 g/mol. The van der Waals surface area contributed by atoms with E-state index in [2.05, 4.69) is 61.6 Å². The topological polar surface area (TPSA) is 83.4 Å². The number of nitrogens with zero attached hydrogens (tertiary/aromatic N) is 5. The molecular formula is C30H34N6OS. The molecule has 2 aliphatic rings. The monoisotopic (exact) mass is 526 g/mol. The zero-order valence-corrected chi connectivity index (χ0v) is 22.9. The van der Waals surface area contributed by atoms with E-state index in [1.165, 1.54) is 29.6 Å². The van der Waals surface area contributed by atoms with E-state index >= 15 is 0 Å². The molecule has 8 heteroatoms. The third-order valence-electron chi connectivity index (χ3n) is 7.21. The molecule has 1 atom stereocenters. The van der Waals surface area contributed by atoms with Crippen LogP contribution in [0.4, 0.5) is 0 Å². The Morgan fingerprint density at radius 2 is 2.00 bits per heavy atom. The van der Waals surface area contributed by atoms with Crippen molar-refractivity contribution < 1.29 is 4.79 Å². The Morgan fingerprint density at radius 3 is 2.82 bits per heavy atom. The molecule has 1 aromatic carbocycles. The van der Waals surface area contributed by atoms with Gasteiger partial charge in [-0.3, -0.25) is 14.7 Å². The van der Waals surface area contributed by atoms with Gasteiger partial charge in [-0.25, -0.2) is 15.0 Å². The minimum atomic E-state index is -0.142. The Balaban J connectivity index is 1.32. The zero-order valence-electron chi connectivity index (χ0n) is 22.1. The molecule has 196 valence electrons. The average molecular weight is 527 g/mol. The van der Waals surface area contributed by atoms with Gasteiger partial charge in [-0.05, 0) is 56.2 Å². The Kier molecular flexibility index (Phi) is 8.51. The van der Waals surface area contributed by atoms with Gasteiger partial charge in [0.25, 0.3) is 5.91 Å². The highest BCUT2D eigenvalue weighted by Crippen LogP contribution is 2.29. The lowest BCUT2D eigenvalue weighted by atomic mass is 9.86. The largest absolute Gasteiger partial charge is 0.348 e. The fourth-order valence-corrected chi connectivity index (χ4v) is 5.94. The van der Waals surface area contributed by atoms with Gasteiger partial charge in [-0.15, -0.1) is 11.3 Å². The van der Waals surface area contributed by atoms with Crippen LogP contribution in [0, 0.1) is 13.8 Å². The molecule has 3 aromatic rings. The highest BCUT2D eigenvalue weighted by molar-refractivity contribution is 7.09. The number of carbonyl (C=O) groups is 1. The maximum absolute atomic E-state index is 12.9. The van der Waals surface area contributed by atoms with E-state index in [9.17, 15) is 4.79 Å². The highest BCUT2D eigenvalue weighted by atomic mass is 32.1. The van der Waals surface area contributed by atoms with Crippen LogP contribution in [0.2, 0.25) is 0 Å². The van der Waals surface area contributed by atoms with Crippen LogP contribution in [0.25, 0.3) is 0 Å². The quantitative estimate of drug-likeness (QED) is 0.406. The summed E-state index contributed by atoms with van der Waals surface area (Å²) >= 11 is 1.72. The van der Waals surface area contributed by atoms with Gasteiger partial charge >= 0.3 is 0 Å². The first-order valence-electron chi connectivity index (χ1n) is 13.3. The van der Waals surface area contributed by atoms with Crippen LogP contribution < -0.4 is 5.32 Å². The summed E-state index contributed by atoms with van der Waals surface area (Å²) in [7, 11) is 0. The number of aromatic nitrogens is 3. The van der Waals surface area contributed by atoms with E-state index in [1.807, 2.05) is 31.6 Å². The van der Waals surface area contributed by atoms with Crippen molar-refractivity contribution in [2.24, 2.45) is 4.99 Å². The molecule has 1 aliphatic heterocycles. The lowest BCUT2D eigenvalue weighted by molar-refractivity contribution is 0.0948. The molecule has 2 aromatic heterocycles. The third-order valence-corrected chi connectivity index (χ3v) is 8.05. The van der Waals surface area contributed by atoms with Crippen molar-refractivity contribution in [3.8, 4) is 0 Å². The van der Waals surface area contributed by atoms with Gasteiger partial charge in [-0.2, -0.15) is 0 Å². The second-order valence-electron chi connectivity index (χ2n) is 9.84. The van der Waals surface area contributed by atoms with E-state index < -0.39 is 0 Å². The maximum atomic E-state index is 12.9. The number of benzene rings is 1. The Bertz CT molecular complexity index is 1340. The molecule has 0 radical (unpaired) electrons. The fraction of sp³-hybridized carbons (Fsp3) is 0.367. The Morgan fingerprint density at radius 1 is 1.16 bits per heavy atom. The van der Waals surface area contributed by atoms with Gasteiger partial charge in [0.1, 0.15) is 6.33 Å². The van der Waals surface area contributed by atoms with Crippen molar-refractivity contribution in [2.75, 3.05) is 6.54 Å². The number of aryl methyl sites for hydroxylation is 2. The highest BCUT2D eigenvalue weighted by Gasteiger charge is 2.30. The number of nitrogens with one attached hydrogen (secondary N) is 1. The molecule has 3 heterocycles. The summed E-state index contributed by atoms with van der Waals surface area (Å²) in [6, 6.07) is 8.80. The fourth-order valence-electron chi connectivity index (χ4n) is 5.33. The first kappa shape index (κ1) is 26.1. The second-order valence-corrected chi connectivity index (χ2v) is 10.8. The van der Waals surface area contributed by atoms with E-state index in [0.29, 0.717) is 23.5 Å². The average Bonchev–Trinajstić information content (AvgIpc) is 3.32. The van der Waals surface area contributed by atoms with Gasteiger partial charge in [0.15, 0.2) is 0 Å². The number of thiazole rings is 1. The lowest BCUT2D eigenvalue weighted by Crippen LogP contribution is -2.44. The predicted molar refractivity (Wildman–Crippen MR) is 152 cm³/mol. The van der Waals surface area contributed by atoms with Crippen molar-refractivity contribution in [3.05, 3.63) is 99.2 Å². The minimum absolute atomic E-state index is 0.142. The van der Waals surface area contributed by atoms with Crippen LogP contribution in [0.15, 0.2) is 71.1 Å². The van der Waals surface area contributed by atoms with Gasteiger partial charge in [0.2, 0.25) is 0 Å². The number of hydrogen-bond acceptors (Lipinski definition) is 7. The molecule has 0 spiro atoms. The molecule has 1 aliphatic carbocycles. The van der Waals surface area contributed by atoms with E-state index in [0.717, 1.165) is 49.3 Å². The molecule has 7 nitrogen and oxygen atoms in total. The van der Waals surface area contributed by atoms with Crippen LogP contribution >= 0.6 is 11.3 Å². The first-order valence-corrected chi connectivity index (χ1v) is 14.1. The summed E-state index contributed by atoms with van der Waals surface area (Å²) in [5.74, 6) is -0.142. The number of fused-ring (bicyclic) bond motifs is 1. The number of carbonyl (C=O) groups excluding carboxylic acids is 1. The van der Waals surface area contributed by atoms with E-state index in [4.69, 9.17) is 4.99 Å². The third kappa shape index (κ3) is 6.31. The summed E-state index contributed by atoms with van der Waals surface area (Å²) < 4.78 is 0. The predicted octanol–water partition coefficient (Wildman–Crippen LogP) is 5.36. The normalized spacial score (nSPS) is 17.0. The van der Waals surface area contributed by atoms with Crippen molar-refractivity contribution >= 4 is 23.0 Å². The minimum Gasteiger partial charge on any atom is -0.348 e. The van der Waals surface area contributed by atoms with Crippen LogP contribution in [0.1, 0.15) is 63.6 Å². The lowest BCUT2D eigenvalue weighted by Gasteiger charge is -2.36. The summed E-state index contributed by atoms with van der Waals surface area (Å²) in [4.78, 5) is 33.2. The molecule has 0 saturated heterocycles. The van der Waals surface area contributed by atoms with Crippen LogP contribution in [-0.4, -0.2) is 44.1 Å². The van der Waals surface area contributed by atoms with Crippen LogP contribution in [-0.2, 0) is 19.5 Å². The van der Waals surface area contributed by atoms with Crippen molar-refractivity contribution in [3.63, 3.8) is 0 Å². The van der Waals surface area contributed by atoms with Crippen LogP contribution in [0.3, 0.4) is 0 Å². The smallest absolute Gasteiger partial charge is 0.255 e. The summed E-state index contributed by atoms with van der Waals surface area (Å²) in [6.45, 7) is 5.86. The molecule has 1 amide bonds. The molecule has 0 bridgehead atoms. The van der Waals surface area contributed by atoms with Crippen molar-refractivity contribution in [2.45, 2.75) is 65.1 Å². The van der Waals surface area contributed by atoms with Crippen LogP contribution in [0.5, 0.6) is 0 Å². The zero-order chi connectivity index (χ0) is 26.3. The standard InChI is InChI=1S/C30H34N6OS/c1-21-28(22(2)35-20-34-21)30(37)33-18-23-7-5-8-24(17-23)19-36(15-12-27-31-14-16-38-27)26-11-6-10-25-9-3-4-13-32-29(25)26/h4-5,7-9,13-14,16-17,20,26H,3,6,10-12,15,18-19H2,1-2H3,(H,33,37). The van der Waals surface area contributed by atoms with Gasteiger partial charge in [0, 0.05) is 43.8 Å². The van der Waals surface area contributed by atoms with Gasteiger partial charge in [-0.1, -0.05) is 36.4 Å². The first-order chi connectivity index (χ1) is 18.6. The molecule has 1 N–H and O–H groups in total. The summed E-state index contributed by atoms with van der Waals surface area (Å²) in [6.07, 6.45) is 15.1. The van der Waals surface area contributed by atoms with Crippen molar-refractivity contribution in [1.29, 1.82) is 0 Å². The van der Waals surface area contributed by atoms with E-state index in [-0.39, 0.29) is 11.9 Å². The van der Waals surface area contributed by atoms with Crippen molar-refractivity contribution in [1.82, 2.24) is 25.2 Å². The van der Waals surface area contributed by atoms with Gasteiger partial charge in [0.05, 0.1) is 33.7 Å². The summed E-state index contributed by atoms with van der Waals surface area (Å²) in [5.41, 5.74) is 6.86. The van der Waals surface area contributed by atoms with Gasteiger partial charge < -0.3 is 5.32 Å². The molecule has 1 fully saturated rings. The molecule has 1 saturated carbocycles. The second kappa shape index (κ2) is 12.4. The molecule has 1 unspecified atom stereocenters. The SMILES string of the molecule is Cc1ncnc(C)c1C(=O)NCc1cccc(CN(CCc2nccs2)C2CCCC3=CCC=CN=C32)c1. The molecule has 38 heavy (non-hydrogen) atoms. The number of hydrogen-bond donors (Lipinski definition) is 1. The summed E-state index contributed by atoms with van der Waals surface area (Å²) in [5, 5.41) is 6.26. The van der Waals surface area contributed by atoms with E-state index in [1.54, 1.807) is 11.3 Å².